The van der Waals surface area contributed by atoms with E-state index < -0.39 is 0 Å². The van der Waals surface area contributed by atoms with E-state index in [1.54, 1.807) is 11.8 Å². The van der Waals surface area contributed by atoms with E-state index in [0.29, 0.717) is 11.7 Å². The summed E-state index contributed by atoms with van der Waals surface area (Å²) in [4.78, 5) is 19.2. The van der Waals surface area contributed by atoms with Crippen LogP contribution in [0.25, 0.3) is 11.0 Å². The number of carbonyl (C=O) groups is 1. The van der Waals surface area contributed by atoms with Gasteiger partial charge in [0, 0.05) is 6.54 Å². The van der Waals surface area contributed by atoms with Crippen LogP contribution in [0.3, 0.4) is 0 Å². The Bertz CT molecular complexity index is 947. The first-order valence-corrected chi connectivity index (χ1v) is 11.5. The molecule has 0 atom stereocenters. The van der Waals surface area contributed by atoms with Gasteiger partial charge in [-0.15, -0.1) is 10.2 Å². The van der Waals surface area contributed by atoms with Crippen LogP contribution in [0.15, 0.2) is 28.6 Å². The van der Waals surface area contributed by atoms with Crippen molar-refractivity contribution in [3.8, 4) is 0 Å². The van der Waals surface area contributed by atoms with Crippen molar-refractivity contribution in [2.75, 3.05) is 25.0 Å². The Morgan fingerprint density at radius 1 is 1.21 bits per heavy atom. The van der Waals surface area contributed by atoms with Gasteiger partial charge in [-0.1, -0.05) is 41.7 Å². The molecule has 2 aromatic heterocycles. The smallest absolute Gasteiger partial charge is 0.240 e. The molecule has 0 bridgehead atoms. The Morgan fingerprint density at radius 3 is 2.86 bits per heavy atom. The summed E-state index contributed by atoms with van der Waals surface area (Å²) in [7, 11) is 0. The Balaban J connectivity index is 1.34. The van der Waals surface area contributed by atoms with E-state index in [1.807, 2.05) is 18.2 Å². The minimum Gasteiger partial charge on any atom is -0.328 e. The molecule has 1 aromatic carbocycles. The van der Waals surface area contributed by atoms with E-state index in [0.717, 1.165) is 46.6 Å². The summed E-state index contributed by atoms with van der Waals surface area (Å²) in [6.07, 6.45) is 3.62. The van der Waals surface area contributed by atoms with Crippen molar-refractivity contribution in [2.24, 2.45) is 0 Å². The highest BCUT2D eigenvalue weighted by atomic mass is 32.2. The molecule has 7 nitrogen and oxygen atoms in total. The average Bonchev–Trinajstić information content (AvgIpc) is 3.30. The number of amides is 1. The summed E-state index contributed by atoms with van der Waals surface area (Å²) in [6, 6.07) is 8.18. The molecule has 3 aromatic rings. The lowest BCUT2D eigenvalue weighted by Gasteiger charge is -2.25. The Labute approximate surface area is 172 Å². The van der Waals surface area contributed by atoms with Crippen molar-refractivity contribution in [2.45, 2.75) is 42.8 Å². The number of fused-ring (bicyclic) bond motifs is 1. The molecular formula is C19H24N6OS2. The van der Waals surface area contributed by atoms with Gasteiger partial charge in [0.05, 0.1) is 23.3 Å². The summed E-state index contributed by atoms with van der Waals surface area (Å²) in [5, 5.41) is 11.8. The Morgan fingerprint density at radius 2 is 2.04 bits per heavy atom. The van der Waals surface area contributed by atoms with Gasteiger partial charge >= 0.3 is 0 Å². The third kappa shape index (κ3) is 4.53. The number of thioether (sulfide) groups is 1. The van der Waals surface area contributed by atoms with Gasteiger partial charge in [0.1, 0.15) is 5.82 Å². The highest BCUT2D eigenvalue weighted by molar-refractivity contribution is 8.00. The van der Waals surface area contributed by atoms with Gasteiger partial charge < -0.3 is 4.57 Å². The van der Waals surface area contributed by atoms with E-state index in [-0.39, 0.29) is 5.91 Å². The van der Waals surface area contributed by atoms with Crippen molar-refractivity contribution in [3.63, 3.8) is 0 Å². The van der Waals surface area contributed by atoms with E-state index >= 15 is 0 Å². The number of benzene rings is 1. The first-order chi connectivity index (χ1) is 13.7. The number of imidazole rings is 1. The van der Waals surface area contributed by atoms with E-state index in [1.165, 1.54) is 30.6 Å². The lowest BCUT2D eigenvalue weighted by atomic mass is 10.1. The summed E-state index contributed by atoms with van der Waals surface area (Å²) in [5.41, 5.74) is 2.17. The number of rotatable bonds is 7. The highest BCUT2D eigenvalue weighted by Crippen LogP contribution is 2.29. The zero-order valence-electron chi connectivity index (χ0n) is 15.9. The molecule has 1 saturated heterocycles. The molecule has 1 aliphatic rings. The van der Waals surface area contributed by atoms with Crippen LogP contribution in [0.2, 0.25) is 0 Å². The lowest BCUT2D eigenvalue weighted by molar-refractivity contribution is -0.117. The fraction of sp³-hybridized carbons (Fsp3) is 0.474. The second-order valence-corrected chi connectivity index (χ2v) is 9.01. The molecule has 1 amide bonds. The zero-order valence-corrected chi connectivity index (χ0v) is 17.6. The summed E-state index contributed by atoms with van der Waals surface area (Å²) in [5.74, 6) is 1.74. The number of anilines is 1. The number of hydrogen-bond donors (Lipinski definition) is 1. The van der Waals surface area contributed by atoms with Crippen LogP contribution < -0.4 is 5.32 Å². The monoisotopic (exact) mass is 416 g/mol. The van der Waals surface area contributed by atoms with Crippen molar-refractivity contribution < 1.29 is 4.79 Å². The first-order valence-electron chi connectivity index (χ1n) is 9.65. The lowest BCUT2D eigenvalue weighted by Crippen LogP contribution is -2.36. The van der Waals surface area contributed by atoms with E-state index in [4.69, 9.17) is 4.98 Å². The molecule has 0 radical (unpaired) electrons. The largest absolute Gasteiger partial charge is 0.328 e. The van der Waals surface area contributed by atoms with Crippen LogP contribution in [0.5, 0.6) is 0 Å². The first kappa shape index (κ1) is 19.4. The molecule has 28 heavy (non-hydrogen) atoms. The predicted molar refractivity (Wildman–Crippen MR) is 114 cm³/mol. The van der Waals surface area contributed by atoms with Gasteiger partial charge in [-0.3, -0.25) is 15.0 Å². The number of aryl methyl sites for hydroxylation is 1. The van der Waals surface area contributed by atoms with Crippen molar-refractivity contribution in [3.05, 3.63) is 30.1 Å². The van der Waals surface area contributed by atoms with Gasteiger partial charge in [0.15, 0.2) is 4.34 Å². The van der Waals surface area contributed by atoms with Crippen LogP contribution >= 0.6 is 23.1 Å². The van der Waals surface area contributed by atoms with Crippen LogP contribution in [-0.4, -0.2) is 50.2 Å². The van der Waals surface area contributed by atoms with Gasteiger partial charge in [-0.2, -0.15) is 0 Å². The number of carbonyl (C=O) groups excluding carboxylic acids is 1. The Kier molecular flexibility index (Phi) is 6.23. The SMILES string of the molecule is CCn1c(CSc2nnc(NC(=O)CN3CCCCC3)s2)nc2ccccc21. The van der Waals surface area contributed by atoms with Crippen LogP contribution in [0.1, 0.15) is 32.0 Å². The second kappa shape index (κ2) is 9.02. The number of nitrogens with one attached hydrogen (secondary N) is 1. The van der Waals surface area contributed by atoms with E-state index in [2.05, 4.69) is 38.0 Å². The molecule has 1 fully saturated rings. The van der Waals surface area contributed by atoms with Crippen LogP contribution in [0, 0.1) is 0 Å². The molecule has 0 aliphatic carbocycles. The summed E-state index contributed by atoms with van der Waals surface area (Å²) < 4.78 is 3.06. The third-order valence-corrected chi connectivity index (χ3v) is 6.81. The Hall–Kier alpha value is -1.97. The minimum atomic E-state index is -0.0117. The molecule has 4 rings (SSSR count). The molecule has 0 unspecified atom stereocenters. The third-order valence-electron chi connectivity index (χ3n) is 4.84. The highest BCUT2D eigenvalue weighted by Gasteiger charge is 2.16. The fourth-order valence-corrected chi connectivity index (χ4v) is 5.23. The maximum absolute atomic E-state index is 12.2. The molecule has 9 heteroatoms. The molecular weight excluding hydrogens is 392 g/mol. The number of hydrogen-bond acceptors (Lipinski definition) is 7. The standard InChI is InChI=1S/C19H24N6OS2/c1-2-25-15-9-5-4-8-14(15)20-16(25)13-27-19-23-22-18(28-19)21-17(26)12-24-10-6-3-7-11-24/h4-5,8-9H,2-3,6-7,10-13H2,1H3,(H,21,22,26). The molecule has 1 N–H and O–H groups in total. The average molecular weight is 417 g/mol. The molecule has 1 aliphatic heterocycles. The molecule has 0 saturated carbocycles. The van der Waals surface area contributed by atoms with Gasteiger partial charge in [0.25, 0.3) is 0 Å². The number of likely N-dealkylation sites (tertiary alicyclic amines) is 1. The maximum atomic E-state index is 12.2. The maximum Gasteiger partial charge on any atom is 0.240 e. The molecule has 3 heterocycles. The minimum absolute atomic E-state index is 0.0117. The number of para-hydroxylation sites is 2. The zero-order chi connectivity index (χ0) is 19.3. The number of nitrogens with zero attached hydrogens (tertiary/aromatic N) is 5. The predicted octanol–water partition coefficient (Wildman–Crippen LogP) is 3.62. The quantitative estimate of drug-likeness (QED) is 0.468. The van der Waals surface area contributed by atoms with Crippen LogP contribution in [-0.2, 0) is 17.1 Å². The fourth-order valence-electron chi connectivity index (χ4n) is 3.51. The van der Waals surface area contributed by atoms with Gasteiger partial charge in [-0.25, -0.2) is 4.98 Å². The molecule has 0 spiro atoms. The topological polar surface area (TPSA) is 75.9 Å². The van der Waals surface area contributed by atoms with Gasteiger partial charge in [0.2, 0.25) is 11.0 Å². The van der Waals surface area contributed by atoms with Gasteiger partial charge in [-0.05, 0) is 45.0 Å². The van der Waals surface area contributed by atoms with Crippen molar-refractivity contribution in [1.29, 1.82) is 0 Å². The van der Waals surface area contributed by atoms with Crippen molar-refractivity contribution in [1.82, 2.24) is 24.6 Å². The summed E-state index contributed by atoms with van der Waals surface area (Å²) >= 11 is 3.02. The summed E-state index contributed by atoms with van der Waals surface area (Å²) in [6.45, 7) is 5.45. The van der Waals surface area contributed by atoms with Crippen LogP contribution in [0.4, 0.5) is 5.13 Å². The second-order valence-electron chi connectivity index (χ2n) is 6.81. The number of aromatic nitrogens is 4. The molecule has 148 valence electrons. The normalized spacial score (nSPS) is 15.2. The van der Waals surface area contributed by atoms with Crippen molar-refractivity contribution >= 4 is 45.2 Å². The number of piperidine rings is 1. The van der Waals surface area contributed by atoms with E-state index in [9.17, 15) is 4.79 Å².